The van der Waals surface area contributed by atoms with Crippen LogP contribution in [0.2, 0.25) is 0 Å². The van der Waals surface area contributed by atoms with Crippen LogP contribution in [0.4, 0.5) is 0 Å². The molecule has 0 spiro atoms. The van der Waals surface area contributed by atoms with Crippen LogP contribution in [0.5, 0.6) is 0 Å². The fourth-order valence-corrected chi connectivity index (χ4v) is 4.72. The second-order valence-corrected chi connectivity index (χ2v) is 10.8. The summed E-state index contributed by atoms with van der Waals surface area (Å²) >= 11 is 0. The van der Waals surface area contributed by atoms with Gasteiger partial charge in [0.1, 0.15) is 0 Å². The molecule has 1 saturated heterocycles. The van der Waals surface area contributed by atoms with Gasteiger partial charge in [0.15, 0.2) is 0 Å². The first kappa shape index (κ1) is 19.0. The topological polar surface area (TPSA) is 3.24 Å². The van der Waals surface area contributed by atoms with Crippen molar-refractivity contribution in [1.29, 1.82) is 0 Å². The van der Waals surface area contributed by atoms with Gasteiger partial charge in [-0.05, 0) is 87.2 Å². The van der Waals surface area contributed by atoms with Crippen molar-refractivity contribution >= 4 is 0 Å². The maximum absolute atomic E-state index is 2.64. The number of hydrogen-bond acceptors (Lipinski definition) is 1. The Morgan fingerprint density at radius 2 is 1.36 bits per heavy atom. The van der Waals surface area contributed by atoms with Gasteiger partial charge in [0, 0.05) is 18.6 Å². The third-order valence-corrected chi connectivity index (χ3v) is 6.67. The first-order valence-corrected chi connectivity index (χ1v) is 10.5. The Hall–Kier alpha value is -0.820. The van der Waals surface area contributed by atoms with Crippen molar-refractivity contribution in [1.82, 2.24) is 4.90 Å². The van der Waals surface area contributed by atoms with E-state index in [1.54, 1.807) is 5.56 Å². The quantitative estimate of drug-likeness (QED) is 0.616. The summed E-state index contributed by atoms with van der Waals surface area (Å²) in [6.45, 7) is 16.6. The van der Waals surface area contributed by atoms with Crippen LogP contribution in [0.3, 0.4) is 0 Å². The summed E-state index contributed by atoms with van der Waals surface area (Å²) < 4.78 is 0. The van der Waals surface area contributed by atoms with E-state index in [9.17, 15) is 0 Å². The van der Waals surface area contributed by atoms with Gasteiger partial charge in [-0.25, -0.2) is 0 Å². The summed E-state index contributed by atoms with van der Waals surface area (Å²) in [4.78, 5) is 2.64. The SMILES string of the molecule is CC(C)(C)c1ccc(C2CCC(CC3CN(C(C)(C)C)C3)CC2)cc1. The molecule has 0 radical (unpaired) electrons. The molecular formula is C24H39N. The highest BCUT2D eigenvalue weighted by atomic mass is 15.2. The molecule has 25 heavy (non-hydrogen) atoms. The molecule has 1 aromatic carbocycles. The van der Waals surface area contributed by atoms with E-state index in [2.05, 4.69) is 70.7 Å². The molecule has 140 valence electrons. The largest absolute Gasteiger partial charge is 0.298 e. The van der Waals surface area contributed by atoms with Crippen LogP contribution in [0, 0.1) is 11.8 Å². The third kappa shape index (κ3) is 4.67. The van der Waals surface area contributed by atoms with Gasteiger partial charge in [-0.15, -0.1) is 0 Å². The third-order valence-electron chi connectivity index (χ3n) is 6.67. The van der Waals surface area contributed by atoms with Crippen LogP contribution in [-0.4, -0.2) is 23.5 Å². The van der Waals surface area contributed by atoms with E-state index in [0.717, 1.165) is 17.8 Å². The highest BCUT2D eigenvalue weighted by Crippen LogP contribution is 2.40. The number of benzene rings is 1. The molecular weight excluding hydrogens is 302 g/mol. The first-order chi connectivity index (χ1) is 11.6. The van der Waals surface area contributed by atoms with Crippen LogP contribution in [0.1, 0.15) is 90.7 Å². The maximum atomic E-state index is 2.64. The fourth-order valence-electron chi connectivity index (χ4n) is 4.72. The van der Waals surface area contributed by atoms with Gasteiger partial charge >= 0.3 is 0 Å². The normalized spacial score (nSPS) is 26.5. The van der Waals surface area contributed by atoms with Gasteiger partial charge in [-0.3, -0.25) is 4.90 Å². The van der Waals surface area contributed by atoms with Gasteiger partial charge in [-0.1, -0.05) is 45.0 Å². The Morgan fingerprint density at radius 1 is 0.800 bits per heavy atom. The molecule has 0 bridgehead atoms. The monoisotopic (exact) mass is 341 g/mol. The molecule has 0 amide bonds. The van der Waals surface area contributed by atoms with Crippen molar-refractivity contribution < 1.29 is 0 Å². The highest BCUT2D eigenvalue weighted by molar-refractivity contribution is 5.29. The average molecular weight is 342 g/mol. The number of likely N-dealkylation sites (tertiary alicyclic amines) is 1. The molecule has 1 heterocycles. The molecule has 1 aromatic rings. The molecule has 0 aromatic heterocycles. The number of nitrogens with zero attached hydrogens (tertiary/aromatic N) is 1. The van der Waals surface area contributed by atoms with Crippen LogP contribution >= 0.6 is 0 Å². The zero-order valence-corrected chi connectivity index (χ0v) is 17.4. The van der Waals surface area contributed by atoms with E-state index in [1.807, 2.05) is 0 Å². The second kappa shape index (κ2) is 7.06. The molecule has 2 fully saturated rings. The molecule has 0 unspecified atom stereocenters. The molecule has 3 rings (SSSR count). The minimum atomic E-state index is 0.264. The zero-order chi connectivity index (χ0) is 18.2. The smallest absolute Gasteiger partial charge is 0.0125 e. The van der Waals surface area contributed by atoms with Crippen molar-refractivity contribution in [3.63, 3.8) is 0 Å². The summed E-state index contributed by atoms with van der Waals surface area (Å²) in [6.07, 6.45) is 7.15. The van der Waals surface area contributed by atoms with E-state index in [4.69, 9.17) is 0 Å². The van der Waals surface area contributed by atoms with Gasteiger partial charge in [-0.2, -0.15) is 0 Å². The number of hydrogen-bond donors (Lipinski definition) is 0. The van der Waals surface area contributed by atoms with E-state index >= 15 is 0 Å². The highest BCUT2D eigenvalue weighted by Gasteiger charge is 2.36. The fraction of sp³-hybridized carbons (Fsp3) is 0.750. The molecule has 1 aliphatic carbocycles. The van der Waals surface area contributed by atoms with Crippen LogP contribution in [-0.2, 0) is 5.41 Å². The Balaban J connectivity index is 1.45. The predicted molar refractivity (Wildman–Crippen MR) is 109 cm³/mol. The summed E-state index contributed by atoms with van der Waals surface area (Å²) in [6, 6.07) is 9.52. The van der Waals surface area contributed by atoms with Crippen molar-refractivity contribution in [3.05, 3.63) is 35.4 Å². The Labute approximate surface area is 156 Å². The van der Waals surface area contributed by atoms with E-state index in [0.29, 0.717) is 5.54 Å². The molecule has 1 saturated carbocycles. The number of rotatable bonds is 3. The summed E-state index contributed by atoms with van der Waals surface area (Å²) in [7, 11) is 0. The molecule has 0 N–H and O–H groups in total. The molecule has 1 nitrogen and oxygen atoms in total. The van der Waals surface area contributed by atoms with Crippen molar-refractivity contribution in [3.8, 4) is 0 Å². The summed E-state index contributed by atoms with van der Waals surface area (Å²) in [5.41, 5.74) is 3.67. The van der Waals surface area contributed by atoms with Gasteiger partial charge < -0.3 is 0 Å². The summed E-state index contributed by atoms with van der Waals surface area (Å²) in [5.74, 6) is 2.75. The summed E-state index contributed by atoms with van der Waals surface area (Å²) in [5, 5.41) is 0. The predicted octanol–water partition coefficient (Wildman–Crippen LogP) is 6.38. The standard InChI is InChI=1S/C24H39N/c1-23(2,3)22-13-11-21(12-14-22)20-9-7-18(8-10-20)15-19-16-25(17-19)24(4,5)6/h11-14,18-20H,7-10,15-17H2,1-6H3. The lowest BCUT2D eigenvalue weighted by Gasteiger charge is -2.49. The minimum absolute atomic E-state index is 0.264. The molecule has 1 aliphatic heterocycles. The average Bonchev–Trinajstić information content (AvgIpc) is 2.49. The van der Waals surface area contributed by atoms with Crippen LogP contribution in [0.25, 0.3) is 0 Å². The van der Waals surface area contributed by atoms with E-state index in [1.165, 1.54) is 50.8 Å². The zero-order valence-electron chi connectivity index (χ0n) is 17.4. The first-order valence-electron chi connectivity index (χ1n) is 10.5. The molecule has 0 atom stereocenters. The van der Waals surface area contributed by atoms with E-state index < -0.39 is 0 Å². The lowest BCUT2D eigenvalue weighted by molar-refractivity contribution is 0.000777. The van der Waals surface area contributed by atoms with Crippen molar-refractivity contribution in [2.24, 2.45) is 11.8 Å². The second-order valence-electron chi connectivity index (χ2n) is 10.8. The lowest BCUT2D eigenvalue weighted by Crippen LogP contribution is -2.56. The Bertz CT molecular complexity index is 543. The van der Waals surface area contributed by atoms with Gasteiger partial charge in [0.05, 0.1) is 0 Å². The van der Waals surface area contributed by atoms with Gasteiger partial charge in [0.2, 0.25) is 0 Å². The van der Waals surface area contributed by atoms with Crippen molar-refractivity contribution in [2.75, 3.05) is 13.1 Å². The van der Waals surface area contributed by atoms with E-state index in [-0.39, 0.29) is 5.41 Å². The molecule has 1 heteroatoms. The lowest BCUT2D eigenvalue weighted by atomic mass is 9.74. The minimum Gasteiger partial charge on any atom is -0.298 e. The van der Waals surface area contributed by atoms with Crippen molar-refractivity contribution in [2.45, 2.75) is 90.5 Å². The maximum Gasteiger partial charge on any atom is 0.0125 e. The Kier molecular flexibility index (Phi) is 5.36. The molecule has 2 aliphatic rings. The van der Waals surface area contributed by atoms with Crippen LogP contribution < -0.4 is 0 Å². The Morgan fingerprint density at radius 3 is 1.84 bits per heavy atom. The van der Waals surface area contributed by atoms with Crippen LogP contribution in [0.15, 0.2) is 24.3 Å². The van der Waals surface area contributed by atoms with Gasteiger partial charge in [0.25, 0.3) is 0 Å².